The molecule has 2 heterocycles. The molecule has 0 unspecified atom stereocenters. The van der Waals surface area contributed by atoms with E-state index in [1.54, 1.807) is 14.2 Å². The molecule has 2 aromatic carbocycles. The fourth-order valence-electron chi connectivity index (χ4n) is 3.89. The maximum atomic E-state index is 12.5. The van der Waals surface area contributed by atoms with Crippen LogP contribution in [0.1, 0.15) is 23.1 Å². The first-order valence-corrected chi connectivity index (χ1v) is 11.1. The predicted molar refractivity (Wildman–Crippen MR) is 129 cm³/mol. The quantitative estimate of drug-likeness (QED) is 0.573. The topological polar surface area (TPSA) is 68.6 Å². The van der Waals surface area contributed by atoms with E-state index < -0.39 is 0 Å². The van der Waals surface area contributed by atoms with Crippen molar-refractivity contribution in [1.82, 2.24) is 20.0 Å². The Morgan fingerprint density at radius 1 is 1.09 bits per heavy atom. The Morgan fingerprint density at radius 2 is 1.88 bits per heavy atom. The number of hydrogen-bond acceptors (Lipinski definition) is 5. The molecule has 33 heavy (non-hydrogen) atoms. The third-order valence-corrected chi connectivity index (χ3v) is 5.85. The van der Waals surface area contributed by atoms with Crippen LogP contribution in [0.3, 0.4) is 0 Å². The summed E-state index contributed by atoms with van der Waals surface area (Å²) >= 11 is 0. The van der Waals surface area contributed by atoms with E-state index in [1.807, 2.05) is 29.1 Å². The van der Waals surface area contributed by atoms with Gasteiger partial charge in [-0.15, -0.1) is 0 Å². The molecule has 4 rings (SSSR count). The Hall–Kier alpha value is -3.58. The molecule has 0 bridgehead atoms. The number of amides is 1. The lowest BCUT2D eigenvalue weighted by atomic mass is 10.0. The fraction of sp³-hybridized carbons (Fsp3) is 0.308. The molecule has 1 amide bonds. The monoisotopic (exact) mass is 446 g/mol. The molecule has 0 radical (unpaired) electrons. The largest absolute Gasteiger partial charge is 0.493 e. The molecule has 1 aromatic heterocycles. The van der Waals surface area contributed by atoms with Gasteiger partial charge in [0.1, 0.15) is 0 Å². The number of ether oxygens (including phenoxy) is 2. The van der Waals surface area contributed by atoms with Gasteiger partial charge >= 0.3 is 0 Å². The second-order valence-electron chi connectivity index (χ2n) is 8.19. The van der Waals surface area contributed by atoms with Crippen molar-refractivity contribution in [3.05, 3.63) is 77.6 Å². The lowest BCUT2D eigenvalue weighted by molar-refractivity contribution is -0.122. The van der Waals surface area contributed by atoms with Crippen molar-refractivity contribution in [3.8, 4) is 17.2 Å². The molecule has 0 atom stereocenters. The minimum Gasteiger partial charge on any atom is -0.493 e. The Kier molecular flexibility index (Phi) is 7.10. The van der Waals surface area contributed by atoms with Crippen molar-refractivity contribution >= 4 is 11.5 Å². The zero-order valence-electron chi connectivity index (χ0n) is 19.4. The number of nitrogens with one attached hydrogen (secondary N) is 1. The fourth-order valence-corrected chi connectivity index (χ4v) is 3.89. The van der Waals surface area contributed by atoms with Gasteiger partial charge in [-0.1, -0.05) is 29.8 Å². The highest BCUT2D eigenvalue weighted by Crippen LogP contribution is 2.27. The van der Waals surface area contributed by atoms with Crippen molar-refractivity contribution in [1.29, 1.82) is 0 Å². The number of aromatic nitrogens is 2. The summed E-state index contributed by atoms with van der Waals surface area (Å²) in [5.41, 5.74) is 5.65. The summed E-state index contributed by atoms with van der Waals surface area (Å²) in [6.07, 6.45) is 7.07. The Labute approximate surface area is 194 Å². The van der Waals surface area contributed by atoms with E-state index in [-0.39, 0.29) is 5.91 Å². The van der Waals surface area contributed by atoms with Crippen LogP contribution in [0.15, 0.2) is 60.9 Å². The molecule has 0 fully saturated rings. The molecule has 7 nitrogen and oxygen atoms in total. The van der Waals surface area contributed by atoms with Crippen molar-refractivity contribution in [2.24, 2.45) is 0 Å². The molecule has 0 saturated heterocycles. The smallest absolute Gasteiger partial charge is 0.234 e. The first-order valence-electron chi connectivity index (χ1n) is 11.1. The number of aryl methyl sites for hydroxylation is 1. The van der Waals surface area contributed by atoms with Crippen molar-refractivity contribution in [2.45, 2.75) is 19.9 Å². The molecule has 1 aliphatic rings. The van der Waals surface area contributed by atoms with Crippen LogP contribution in [0.4, 0.5) is 0 Å². The van der Waals surface area contributed by atoms with E-state index in [0.717, 1.165) is 36.3 Å². The van der Waals surface area contributed by atoms with E-state index >= 15 is 0 Å². The van der Waals surface area contributed by atoms with Gasteiger partial charge in [-0.05, 0) is 48.7 Å². The molecule has 172 valence electrons. The van der Waals surface area contributed by atoms with Crippen molar-refractivity contribution in [2.75, 3.05) is 33.9 Å². The number of hydrogen-bond donors (Lipinski definition) is 1. The van der Waals surface area contributed by atoms with E-state index in [0.29, 0.717) is 24.6 Å². The Balaban J connectivity index is 1.28. The lowest BCUT2D eigenvalue weighted by Gasteiger charge is -2.25. The van der Waals surface area contributed by atoms with Crippen LogP contribution in [-0.4, -0.2) is 54.4 Å². The van der Waals surface area contributed by atoms with E-state index in [1.165, 1.54) is 11.1 Å². The average Bonchev–Trinajstić information content (AvgIpc) is 3.34. The first-order chi connectivity index (χ1) is 16.1. The standard InChI is InChI=1S/C26H30N4O3/c1-19-4-7-23(8-5-19)30-17-22(16-28-30)21-10-12-29(13-11-21)18-26(31)27-15-20-6-9-24(32-2)25(14-20)33-3/h4-10,14,16-17H,11-13,15,18H2,1-3H3,(H,27,31). The average molecular weight is 447 g/mol. The first kappa shape index (κ1) is 22.6. The van der Waals surface area contributed by atoms with Crippen LogP contribution in [-0.2, 0) is 11.3 Å². The summed E-state index contributed by atoms with van der Waals surface area (Å²) in [6, 6.07) is 14.0. The number of benzene rings is 2. The van der Waals surface area contributed by atoms with Gasteiger partial charge in [0.15, 0.2) is 11.5 Å². The van der Waals surface area contributed by atoms with Crippen LogP contribution in [0, 0.1) is 6.92 Å². The van der Waals surface area contributed by atoms with Crippen molar-refractivity contribution < 1.29 is 14.3 Å². The van der Waals surface area contributed by atoms with Gasteiger partial charge in [-0.3, -0.25) is 9.69 Å². The van der Waals surface area contributed by atoms with Crippen molar-refractivity contribution in [3.63, 3.8) is 0 Å². The van der Waals surface area contributed by atoms with Gasteiger partial charge in [-0.2, -0.15) is 5.10 Å². The summed E-state index contributed by atoms with van der Waals surface area (Å²) < 4.78 is 12.5. The van der Waals surface area contributed by atoms with E-state index in [9.17, 15) is 4.79 Å². The molecular formula is C26H30N4O3. The van der Waals surface area contributed by atoms with Crippen LogP contribution in [0.2, 0.25) is 0 Å². The molecule has 1 N–H and O–H groups in total. The van der Waals surface area contributed by atoms with Gasteiger partial charge in [0.05, 0.1) is 32.6 Å². The zero-order chi connectivity index (χ0) is 23.2. The van der Waals surface area contributed by atoms with E-state index in [4.69, 9.17) is 9.47 Å². The Morgan fingerprint density at radius 3 is 2.58 bits per heavy atom. The summed E-state index contributed by atoms with van der Waals surface area (Å²) in [5.74, 6) is 1.34. The third kappa shape index (κ3) is 5.62. The maximum absolute atomic E-state index is 12.5. The van der Waals surface area contributed by atoms with Crippen LogP contribution in [0.25, 0.3) is 11.3 Å². The summed E-state index contributed by atoms with van der Waals surface area (Å²) in [4.78, 5) is 14.6. The molecule has 0 aliphatic carbocycles. The number of rotatable bonds is 8. The van der Waals surface area contributed by atoms with Crippen LogP contribution < -0.4 is 14.8 Å². The van der Waals surface area contributed by atoms with Gasteiger partial charge in [-0.25, -0.2) is 4.68 Å². The minimum atomic E-state index is 0.00817. The van der Waals surface area contributed by atoms with Gasteiger partial charge in [0.25, 0.3) is 0 Å². The molecule has 0 spiro atoms. The maximum Gasteiger partial charge on any atom is 0.234 e. The second kappa shape index (κ2) is 10.4. The highest BCUT2D eigenvalue weighted by molar-refractivity contribution is 5.78. The minimum absolute atomic E-state index is 0.00817. The predicted octanol–water partition coefficient (Wildman–Crippen LogP) is 3.60. The summed E-state index contributed by atoms with van der Waals surface area (Å²) in [6.45, 7) is 4.49. The molecule has 7 heteroatoms. The highest BCUT2D eigenvalue weighted by atomic mass is 16.5. The second-order valence-corrected chi connectivity index (χ2v) is 8.19. The number of methoxy groups -OCH3 is 2. The summed E-state index contributed by atoms with van der Waals surface area (Å²) in [7, 11) is 3.21. The SMILES string of the molecule is COc1ccc(CNC(=O)CN2CC=C(c3cnn(-c4ccc(C)cc4)c3)CC2)cc1OC. The number of nitrogens with zero attached hydrogens (tertiary/aromatic N) is 3. The number of carbonyl (C=O) groups excluding carboxylic acids is 1. The van der Waals surface area contributed by atoms with Crippen LogP contribution >= 0.6 is 0 Å². The lowest BCUT2D eigenvalue weighted by Crippen LogP contribution is -2.39. The molecule has 1 aliphatic heterocycles. The Bertz CT molecular complexity index is 1130. The zero-order valence-corrected chi connectivity index (χ0v) is 19.4. The normalized spacial score (nSPS) is 14.0. The van der Waals surface area contributed by atoms with Gasteiger partial charge < -0.3 is 14.8 Å². The molecule has 0 saturated carbocycles. The van der Waals surface area contributed by atoms with E-state index in [2.05, 4.69) is 58.8 Å². The third-order valence-electron chi connectivity index (χ3n) is 5.85. The molecule has 3 aromatic rings. The number of carbonyl (C=O) groups is 1. The van der Waals surface area contributed by atoms with Crippen LogP contribution in [0.5, 0.6) is 11.5 Å². The van der Waals surface area contributed by atoms with Gasteiger partial charge in [0.2, 0.25) is 5.91 Å². The van der Waals surface area contributed by atoms with Gasteiger partial charge in [0, 0.05) is 31.4 Å². The molecular weight excluding hydrogens is 416 g/mol. The summed E-state index contributed by atoms with van der Waals surface area (Å²) in [5, 5.41) is 7.51. The highest BCUT2D eigenvalue weighted by Gasteiger charge is 2.17.